The molecule has 1 saturated carbocycles. The van der Waals surface area contributed by atoms with Gasteiger partial charge in [-0.2, -0.15) is 0 Å². The number of nitrogens with two attached hydrogens (primary N) is 1. The summed E-state index contributed by atoms with van der Waals surface area (Å²) in [6.07, 6.45) is 5.61. The molecule has 0 unspecified atom stereocenters. The molecule has 2 rings (SSSR count). The smallest absolute Gasteiger partial charge is 0.252 e. The van der Waals surface area contributed by atoms with Crippen LogP contribution in [-0.2, 0) is 9.59 Å². The fraction of sp³-hybridized carbons (Fsp3) is 0.846. The van der Waals surface area contributed by atoms with Crippen LogP contribution in [0.4, 0.5) is 0 Å². The van der Waals surface area contributed by atoms with Gasteiger partial charge in [-0.15, -0.1) is 0 Å². The lowest BCUT2D eigenvalue weighted by molar-refractivity contribution is -0.147. The molecule has 1 saturated heterocycles. The first-order valence-electron chi connectivity index (χ1n) is 6.89. The number of nitrogens with zero attached hydrogens (tertiary/aromatic N) is 1. The van der Waals surface area contributed by atoms with Crippen LogP contribution >= 0.6 is 0 Å². The molecule has 2 amide bonds. The topological polar surface area (TPSA) is 83.6 Å². The zero-order valence-corrected chi connectivity index (χ0v) is 10.7. The van der Waals surface area contributed by atoms with Crippen molar-refractivity contribution in [2.75, 3.05) is 6.54 Å². The molecule has 1 aliphatic heterocycles. The molecule has 0 aromatic rings. The van der Waals surface area contributed by atoms with Crippen molar-refractivity contribution in [3.8, 4) is 0 Å². The van der Waals surface area contributed by atoms with E-state index in [1.165, 1.54) is 11.3 Å². The number of aliphatic hydroxyl groups excluding tert-OH is 1. The van der Waals surface area contributed by atoms with Gasteiger partial charge < -0.3 is 15.7 Å². The highest BCUT2D eigenvalue weighted by Gasteiger charge is 2.38. The number of likely N-dealkylation sites (tertiary alicyclic amines) is 1. The summed E-state index contributed by atoms with van der Waals surface area (Å²) in [4.78, 5) is 25.0. The predicted octanol–water partition coefficient (Wildman–Crippen LogP) is 0.404. The van der Waals surface area contributed by atoms with Crippen molar-refractivity contribution >= 4 is 11.8 Å². The predicted molar refractivity (Wildman–Crippen MR) is 66.5 cm³/mol. The van der Waals surface area contributed by atoms with Gasteiger partial charge in [0.15, 0.2) is 0 Å². The summed E-state index contributed by atoms with van der Waals surface area (Å²) in [5.74, 6) is -0.708. The third-order valence-electron chi connectivity index (χ3n) is 4.21. The fourth-order valence-corrected chi connectivity index (χ4v) is 3.15. The molecule has 2 fully saturated rings. The number of amides is 2. The maximum Gasteiger partial charge on any atom is 0.252 e. The molecule has 0 aromatic heterocycles. The number of primary amides is 1. The van der Waals surface area contributed by atoms with Crippen LogP contribution in [0.3, 0.4) is 0 Å². The number of hydrogen-bond acceptors (Lipinski definition) is 3. The standard InChI is InChI=1S/C13H22N2O3/c14-12(17)10-7-4-8-15(10)13(18)11(16)9-5-2-1-3-6-9/h9-11,16H,1-8H2,(H2,14,17)/t10-,11+/m0/s1. The van der Waals surface area contributed by atoms with E-state index < -0.39 is 18.1 Å². The van der Waals surface area contributed by atoms with Gasteiger partial charge in [-0.05, 0) is 31.6 Å². The third kappa shape index (κ3) is 2.66. The molecule has 0 radical (unpaired) electrons. The van der Waals surface area contributed by atoms with Gasteiger partial charge in [0, 0.05) is 6.54 Å². The van der Waals surface area contributed by atoms with E-state index in [0.717, 1.165) is 32.1 Å². The largest absolute Gasteiger partial charge is 0.383 e. The highest BCUT2D eigenvalue weighted by molar-refractivity contribution is 5.89. The number of carbonyl (C=O) groups excluding carboxylic acids is 2. The summed E-state index contributed by atoms with van der Waals surface area (Å²) in [6, 6.07) is -0.518. The first-order valence-corrected chi connectivity index (χ1v) is 6.89. The maximum absolute atomic E-state index is 12.2. The van der Waals surface area contributed by atoms with E-state index in [9.17, 15) is 14.7 Å². The van der Waals surface area contributed by atoms with E-state index in [-0.39, 0.29) is 11.8 Å². The average Bonchev–Trinajstić information content (AvgIpc) is 2.87. The third-order valence-corrected chi connectivity index (χ3v) is 4.21. The zero-order valence-electron chi connectivity index (χ0n) is 10.7. The Hall–Kier alpha value is -1.10. The molecule has 18 heavy (non-hydrogen) atoms. The van der Waals surface area contributed by atoms with E-state index in [1.807, 2.05) is 0 Å². The Balaban J connectivity index is 1.99. The first-order chi connectivity index (χ1) is 8.61. The summed E-state index contributed by atoms with van der Waals surface area (Å²) >= 11 is 0. The van der Waals surface area contributed by atoms with Gasteiger partial charge in [0.25, 0.3) is 5.91 Å². The van der Waals surface area contributed by atoms with Crippen LogP contribution in [0.5, 0.6) is 0 Å². The fourth-order valence-electron chi connectivity index (χ4n) is 3.15. The van der Waals surface area contributed by atoms with Crippen LogP contribution in [0.2, 0.25) is 0 Å². The molecule has 1 aliphatic carbocycles. The minimum absolute atomic E-state index is 0.0559. The molecule has 0 aromatic carbocycles. The molecule has 5 heteroatoms. The first kappa shape index (κ1) is 13.3. The molecule has 0 bridgehead atoms. The Kier molecular flexibility index (Phi) is 4.22. The minimum atomic E-state index is -0.953. The highest BCUT2D eigenvalue weighted by atomic mass is 16.3. The van der Waals surface area contributed by atoms with Crippen LogP contribution in [0.1, 0.15) is 44.9 Å². The Morgan fingerprint density at radius 3 is 2.39 bits per heavy atom. The van der Waals surface area contributed by atoms with Gasteiger partial charge in [0.1, 0.15) is 12.1 Å². The van der Waals surface area contributed by atoms with Crippen molar-refractivity contribution in [2.24, 2.45) is 11.7 Å². The Labute approximate surface area is 107 Å². The Bertz CT molecular complexity index is 326. The summed E-state index contributed by atoms with van der Waals surface area (Å²) in [5.41, 5.74) is 5.29. The van der Waals surface area contributed by atoms with Gasteiger partial charge in [-0.1, -0.05) is 19.3 Å². The molecular weight excluding hydrogens is 232 g/mol. The van der Waals surface area contributed by atoms with Crippen molar-refractivity contribution in [1.82, 2.24) is 4.90 Å². The molecule has 3 N–H and O–H groups in total. The molecule has 2 aliphatic rings. The van der Waals surface area contributed by atoms with Crippen LogP contribution in [0.25, 0.3) is 0 Å². The van der Waals surface area contributed by atoms with E-state index in [0.29, 0.717) is 13.0 Å². The van der Waals surface area contributed by atoms with E-state index in [4.69, 9.17) is 5.73 Å². The van der Waals surface area contributed by atoms with Crippen LogP contribution < -0.4 is 5.73 Å². The van der Waals surface area contributed by atoms with Crippen LogP contribution in [-0.4, -0.2) is 40.5 Å². The minimum Gasteiger partial charge on any atom is -0.383 e. The van der Waals surface area contributed by atoms with Crippen molar-refractivity contribution < 1.29 is 14.7 Å². The number of hydrogen-bond donors (Lipinski definition) is 2. The van der Waals surface area contributed by atoms with Gasteiger partial charge in [-0.25, -0.2) is 0 Å². The number of aliphatic hydroxyl groups is 1. The van der Waals surface area contributed by atoms with Gasteiger partial charge in [0.05, 0.1) is 0 Å². The SMILES string of the molecule is NC(=O)[C@@H]1CCCN1C(=O)[C@H](O)C1CCCCC1. The normalized spacial score (nSPS) is 27.2. The van der Waals surface area contributed by atoms with E-state index >= 15 is 0 Å². The maximum atomic E-state index is 12.2. The van der Waals surface area contributed by atoms with Crippen LogP contribution in [0.15, 0.2) is 0 Å². The lowest BCUT2D eigenvalue weighted by Gasteiger charge is -2.30. The molecule has 0 spiro atoms. The number of carbonyl (C=O) groups is 2. The van der Waals surface area contributed by atoms with Gasteiger partial charge >= 0.3 is 0 Å². The van der Waals surface area contributed by atoms with Gasteiger partial charge in [-0.3, -0.25) is 9.59 Å². The summed E-state index contributed by atoms with van der Waals surface area (Å²) in [7, 11) is 0. The Morgan fingerprint density at radius 1 is 1.11 bits per heavy atom. The molecule has 2 atom stereocenters. The lowest BCUT2D eigenvalue weighted by Crippen LogP contribution is -2.49. The van der Waals surface area contributed by atoms with E-state index in [1.54, 1.807) is 0 Å². The summed E-state index contributed by atoms with van der Waals surface area (Å²) < 4.78 is 0. The monoisotopic (exact) mass is 254 g/mol. The quantitative estimate of drug-likeness (QED) is 0.765. The summed E-state index contributed by atoms with van der Waals surface area (Å²) in [6.45, 7) is 0.538. The van der Waals surface area contributed by atoms with Crippen molar-refractivity contribution in [1.29, 1.82) is 0 Å². The lowest BCUT2D eigenvalue weighted by atomic mass is 9.85. The molecular formula is C13H22N2O3. The van der Waals surface area contributed by atoms with Crippen molar-refractivity contribution in [2.45, 2.75) is 57.1 Å². The number of rotatable bonds is 3. The second-order valence-corrected chi connectivity index (χ2v) is 5.43. The Morgan fingerprint density at radius 2 is 1.78 bits per heavy atom. The van der Waals surface area contributed by atoms with E-state index in [2.05, 4.69) is 0 Å². The average molecular weight is 254 g/mol. The molecule has 5 nitrogen and oxygen atoms in total. The van der Waals surface area contributed by atoms with Crippen molar-refractivity contribution in [3.05, 3.63) is 0 Å². The second kappa shape index (κ2) is 5.69. The highest BCUT2D eigenvalue weighted by Crippen LogP contribution is 2.28. The van der Waals surface area contributed by atoms with Crippen molar-refractivity contribution in [3.63, 3.8) is 0 Å². The van der Waals surface area contributed by atoms with Crippen LogP contribution in [0, 0.1) is 5.92 Å². The summed E-state index contributed by atoms with van der Waals surface area (Å²) in [5, 5.41) is 10.2. The second-order valence-electron chi connectivity index (χ2n) is 5.43. The molecule has 1 heterocycles. The zero-order chi connectivity index (χ0) is 13.1. The van der Waals surface area contributed by atoms with Gasteiger partial charge in [0.2, 0.25) is 5.91 Å². The molecule has 102 valence electrons.